The highest BCUT2D eigenvalue weighted by molar-refractivity contribution is 5.94. The zero-order valence-corrected chi connectivity index (χ0v) is 33.8. The lowest BCUT2D eigenvalue weighted by Crippen LogP contribution is -2.23. The van der Waals surface area contributed by atoms with Crippen molar-refractivity contribution in [2.75, 3.05) is 53.9 Å². The highest BCUT2D eigenvalue weighted by Gasteiger charge is 2.21. The Labute approximate surface area is 340 Å². The molecule has 3 aromatic heterocycles. The zero-order valence-electron chi connectivity index (χ0n) is 33.8. The lowest BCUT2D eigenvalue weighted by molar-refractivity contribution is 0.00695. The topological polar surface area (TPSA) is 121 Å². The van der Waals surface area contributed by atoms with Crippen LogP contribution < -0.4 is 4.74 Å². The molecule has 0 N–H and O–H groups in total. The highest BCUT2D eigenvalue weighted by atomic mass is 19.1. The molecule has 0 fully saturated rings. The predicted octanol–water partition coefficient (Wildman–Crippen LogP) is 7.83. The number of hydrogen-bond acceptors (Lipinski definition) is 10. The largest absolute Gasteiger partial charge is 0.473 e. The average Bonchev–Trinajstić information content (AvgIpc) is 3.82. The van der Waals surface area contributed by atoms with E-state index < -0.39 is 29.0 Å². The molecule has 0 atom stereocenters. The van der Waals surface area contributed by atoms with Gasteiger partial charge >= 0.3 is 5.97 Å². The molecule has 3 aromatic carbocycles. The number of fused-ring (bicyclic) bond motifs is 1. The third kappa shape index (κ3) is 11.5. The second-order valence-corrected chi connectivity index (χ2v) is 14.6. The molecule has 0 bridgehead atoms. The standard InChI is InChI=1S/C44H48F3N5O7/c1-44(2,3)59-43(53)30-11-12-39-40(23-30)52(14-15-54-4)41(49-39)24-32-22-37(47)34(25-36(32)46)38-7-6-8-42(50-38)58-28-31-10-9-29(21-35(31)45)33-26-48-51(27-33)13-16-56-19-20-57-18-17-55-5/h6-12,21-23,25-27H,13-20,24,28H2,1-5H3. The Balaban J connectivity index is 1.10. The molecule has 0 amide bonds. The summed E-state index contributed by atoms with van der Waals surface area (Å²) >= 11 is 0. The van der Waals surface area contributed by atoms with Crippen LogP contribution in [0.25, 0.3) is 33.4 Å². The van der Waals surface area contributed by atoms with E-state index in [0.29, 0.717) is 80.7 Å². The first kappa shape index (κ1) is 43.0. The minimum absolute atomic E-state index is 0.0338. The number of aromatic nitrogens is 5. The first-order valence-corrected chi connectivity index (χ1v) is 19.2. The summed E-state index contributed by atoms with van der Waals surface area (Å²) in [6, 6.07) is 16.7. The lowest BCUT2D eigenvalue weighted by Gasteiger charge is -2.19. The first-order valence-electron chi connectivity index (χ1n) is 19.2. The molecular weight excluding hydrogens is 768 g/mol. The van der Waals surface area contributed by atoms with Gasteiger partial charge in [-0.1, -0.05) is 18.2 Å². The van der Waals surface area contributed by atoms with Crippen molar-refractivity contribution < 1.29 is 46.4 Å². The number of imidazole rings is 1. The molecule has 3 heterocycles. The molecule has 12 nitrogen and oxygen atoms in total. The van der Waals surface area contributed by atoms with Gasteiger partial charge in [-0.3, -0.25) is 4.68 Å². The Bertz CT molecular complexity index is 2360. The Hall–Kier alpha value is -5.61. The van der Waals surface area contributed by atoms with E-state index in [1.807, 2.05) is 10.8 Å². The number of nitrogens with zero attached hydrogens (tertiary/aromatic N) is 5. The fourth-order valence-electron chi connectivity index (χ4n) is 6.19. The lowest BCUT2D eigenvalue weighted by atomic mass is 10.0. The molecule has 0 unspecified atom stereocenters. The second kappa shape index (κ2) is 19.9. The summed E-state index contributed by atoms with van der Waals surface area (Å²) < 4.78 is 82.8. The maximum absolute atomic E-state index is 15.8. The molecule has 0 saturated carbocycles. The van der Waals surface area contributed by atoms with Crippen molar-refractivity contribution in [2.45, 2.75) is 52.5 Å². The molecule has 59 heavy (non-hydrogen) atoms. The number of carbonyl (C=O) groups excluding carboxylic acids is 1. The van der Waals surface area contributed by atoms with E-state index in [4.69, 9.17) is 33.4 Å². The van der Waals surface area contributed by atoms with Gasteiger partial charge in [0.1, 0.15) is 35.5 Å². The van der Waals surface area contributed by atoms with E-state index in [1.165, 1.54) is 12.1 Å². The SMILES string of the molecule is COCCOCCOCCn1cc(-c2ccc(COc3cccc(-c4cc(F)c(Cc5nc6ccc(C(=O)OC(C)(C)C)cc6n5CCOC)cc4F)n3)c(F)c2)cn1. The molecule has 312 valence electrons. The van der Waals surface area contributed by atoms with Gasteiger partial charge in [-0.15, -0.1) is 0 Å². The third-order valence-corrected chi connectivity index (χ3v) is 9.13. The van der Waals surface area contributed by atoms with Crippen molar-refractivity contribution in [1.82, 2.24) is 24.3 Å². The van der Waals surface area contributed by atoms with Gasteiger partial charge in [-0.2, -0.15) is 5.10 Å². The molecule has 15 heteroatoms. The Kier molecular flexibility index (Phi) is 14.5. The van der Waals surface area contributed by atoms with Gasteiger partial charge in [0.2, 0.25) is 5.88 Å². The number of carbonyl (C=O) groups is 1. The summed E-state index contributed by atoms with van der Waals surface area (Å²) in [4.78, 5) is 21.9. The van der Waals surface area contributed by atoms with Gasteiger partial charge in [0.25, 0.3) is 0 Å². The smallest absolute Gasteiger partial charge is 0.338 e. The van der Waals surface area contributed by atoms with Crippen LogP contribution in [0.2, 0.25) is 0 Å². The third-order valence-electron chi connectivity index (χ3n) is 9.13. The fraction of sp³-hybridized carbons (Fsp3) is 0.364. The van der Waals surface area contributed by atoms with E-state index in [9.17, 15) is 4.79 Å². The van der Waals surface area contributed by atoms with Crippen molar-refractivity contribution >= 4 is 17.0 Å². The van der Waals surface area contributed by atoms with Gasteiger partial charge in [0.05, 0.1) is 74.7 Å². The minimum Gasteiger partial charge on any atom is -0.473 e. The highest BCUT2D eigenvalue weighted by Crippen LogP contribution is 2.29. The van der Waals surface area contributed by atoms with E-state index in [0.717, 1.165) is 17.7 Å². The van der Waals surface area contributed by atoms with Crippen molar-refractivity contribution in [1.29, 1.82) is 0 Å². The summed E-state index contributed by atoms with van der Waals surface area (Å²) in [5, 5.41) is 4.35. The van der Waals surface area contributed by atoms with E-state index in [2.05, 4.69) is 10.1 Å². The maximum atomic E-state index is 15.8. The molecule has 0 aliphatic carbocycles. The number of rotatable bonds is 20. The van der Waals surface area contributed by atoms with Gasteiger partial charge in [0, 0.05) is 56.1 Å². The summed E-state index contributed by atoms with van der Waals surface area (Å²) in [5.41, 5.74) is 2.71. The van der Waals surface area contributed by atoms with Crippen LogP contribution in [-0.2, 0) is 49.8 Å². The number of methoxy groups -OCH3 is 2. The number of hydrogen-bond donors (Lipinski definition) is 0. The number of esters is 1. The van der Waals surface area contributed by atoms with Crippen LogP contribution in [-0.4, -0.2) is 89.7 Å². The number of benzene rings is 3. The quantitative estimate of drug-likeness (QED) is 0.0557. The van der Waals surface area contributed by atoms with E-state index in [1.54, 1.807) is 88.3 Å². The van der Waals surface area contributed by atoms with Crippen LogP contribution in [0.5, 0.6) is 5.88 Å². The van der Waals surface area contributed by atoms with Gasteiger partial charge < -0.3 is 33.0 Å². The van der Waals surface area contributed by atoms with Crippen LogP contribution >= 0.6 is 0 Å². The molecule has 0 aliphatic heterocycles. The molecule has 0 saturated heterocycles. The van der Waals surface area contributed by atoms with Crippen molar-refractivity contribution in [2.24, 2.45) is 0 Å². The molecule has 6 aromatic rings. The Morgan fingerprint density at radius 3 is 2.27 bits per heavy atom. The summed E-state index contributed by atoms with van der Waals surface area (Å²) in [6.07, 6.45) is 3.44. The van der Waals surface area contributed by atoms with Crippen LogP contribution in [0.1, 0.15) is 48.1 Å². The van der Waals surface area contributed by atoms with Crippen LogP contribution in [0.15, 0.2) is 79.1 Å². The van der Waals surface area contributed by atoms with Crippen molar-refractivity contribution in [3.05, 3.63) is 119 Å². The molecule has 0 aliphatic rings. The molecule has 0 spiro atoms. The minimum atomic E-state index is -0.696. The normalized spacial score (nSPS) is 11.7. The average molecular weight is 816 g/mol. The fourth-order valence-corrected chi connectivity index (χ4v) is 6.19. The summed E-state index contributed by atoms with van der Waals surface area (Å²) in [7, 11) is 3.18. The van der Waals surface area contributed by atoms with Crippen molar-refractivity contribution in [3.63, 3.8) is 0 Å². The van der Waals surface area contributed by atoms with Gasteiger partial charge in [-0.05, 0) is 74.4 Å². The Morgan fingerprint density at radius 1 is 0.746 bits per heavy atom. The number of ether oxygens (including phenoxy) is 6. The van der Waals surface area contributed by atoms with Crippen LogP contribution in [0.4, 0.5) is 13.2 Å². The predicted molar refractivity (Wildman–Crippen MR) is 215 cm³/mol. The van der Waals surface area contributed by atoms with Crippen LogP contribution in [0.3, 0.4) is 0 Å². The second-order valence-electron chi connectivity index (χ2n) is 14.6. The van der Waals surface area contributed by atoms with Gasteiger partial charge in [-0.25, -0.2) is 27.9 Å². The van der Waals surface area contributed by atoms with Crippen LogP contribution in [0, 0.1) is 17.5 Å². The monoisotopic (exact) mass is 815 g/mol. The first-order chi connectivity index (χ1) is 28.4. The van der Waals surface area contributed by atoms with Crippen molar-refractivity contribution in [3.8, 4) is 28.3 Å². The summed E-state index contributed by atoms with van der Waals surface area (Å²) in [5.74, 6) is -1.74. The molecule has 6 rings (SSSR count). The number of halogens is 3. The zero-order chi connectivity index (χ0) is 41.9. The molecular formula is C44H48F3N5O7. The summed E-state index contributed by atoms with van der Waals surface area (Å²) in [6.45, 7) is 8.87. The Morgan fingerprint density at radius 2 is 1.51 bits per heavy atom. The van der Waals surface area contributed by atoms with E-state index >= 15 is 13.2 Å². The maximum Gasteiger partial charge on any atom is 0.338 e. The molecule has 0 radical (unpaired) electrons. The van der Waals surface area contributed by atoms with Gasteiger partial charge in [0.15, 0.2) is 0 Å². The number of pyridine rings is 1. The van der Waals surface area contributed by atoms with E-state index in [-0.39, 0.29) is 41.3 Å².